The minimum Gasteiger partial charge on any atom is -0.381 e. The van der Waals surface area contributed by atoms with Gasteiger partial charge in [0.05, 0.1) is 5.54 Å². The summed E-state index contributed by atoms with van der Waals surface area (Å²) >= 11 is 0. The topological polar surface area (TPSA) is 55.6 Å². The van der Waals surface area contributed by atoms with Gasteiger partial charge in [0.15, 0.2) is 0 Å². The molecule has 1 amide bonds. The summed E-state index contributed by atoms with van der Waals surface area (Å²) < 4.78 is 5.24. The van der Waals surface area contributed by atoms with E-state index in [1.165, 1.54) is 0 Å². The normalized spacial score (nSPS) is 19.1. The number of nitrogens with two attached hydrogens (primary N) is 1. The highest BCUT2D eigenvalue weighted by Gasteiger charge is 2.38. The fourth-order valence-electron chi connectivity index (χ4n) is 1.97. The Morgan fingerprint density at radius 3 is 2.69 bits per heavy atom. The van der Waals surface area contributed by atoms with Crippen molar-refractivity contribution in [3.63, 3.8) is 0 Å². The average molecular weight is 226 g/mol. The summed E-state index contributed by atoms with van der Waals surface area (Å²) in [7, 11) is 0. The first kappa shape index (κ1) is 13.2. The molecule has 16 heavy (non-hydrogen) atoms. The van der Waals surface area contributed by atoms with Crippen molar-refractivity contribution < 1.29 is 9.53 Å². The quantitative estimate of drug-likeness (QED) is 0.709. The zero-order valence-electron chi connectivity index (χ0n) is 10.1. The van der Waals surface area contributed by atoms with Crippen molar-refractivity contribution in [2.75, 3.05) is 26.3 Å². The van der Waals surface area contributed by atoms with Crippen LogP contribution in [0.4, 0.5) is 0 Å². The van der Waals surface area contributed by atoms with Crippen LogP contribution in [0.1, 0.15) is 26.2 Å². The van der Waals surface area contributed by atoms with Crippen molar-refractivity contribution in [2.45, 2.75) is 31.7 Å². The number of rotatable bonds is 5. The van der Waals surface area contributed by atoms with Gasteiger partial charge in [0.1, 0.15) is 0 Å². The van der Waals surface area contributed by atoms with Crippen molar-refractivity contribution >= 4 is 5.91 Å². The van der Waals surface area contributed by atoms with Gasteiger partial charge in [-0.2, -0.15) is 0 Å². The van der Waals surface area contributed by atoms with Crippen LogP contribution < -0.4 is 5.73 Å². The number of hydrogen-bond donors (Lipinski definition) is 1. The highest BCUT2D eigenvalue weighted by Crippen LogP contribution is 2.20. The van der Waals surface area contributed by atoms with Gasteiger partial charge in [-0.05, 0) is 19.3 Å². The molecule has 1 aliphatic heterocycles. The van der Waals surface area contributed by atoms with Gasteiger partial charge in [0.25, 0.3) is 0 Å². The standard InChI is InChI=1S/C12H22N2O2/c1-3-7-14(8-4-2)11(15)12(13)5-9-16-10-6-12/h3H,1,4-10,13H2,2H3. The maximum atomic E-state index is 12.3. The van der Waals surface area contributed by atoms with Crippen molar-refractivity contribution in [1.82, 2.24) is 4.90 Å². The molecular formula is C12H22N2O2. The van der Waals surface area contributed by atoms with Crippen LogP contribution in [0, 0.1) is 0 Å². The van der Waals surface area contributed by atoms with Crippen LogP contribution in [-0.2, 0) is 9.53 Å². The van der Waals surface area contributed by atoms with Crippen molar-refractivity contribution in [1.29, 1.82) is 0 Å². The Morgan fingerprint density at radius 1 is 1.56 bits per heavy atom. The van der Waals surface area contributed by atoms with E-state index in [0.717, 1.165) is 13.0 Å². The Bertz CT molecular complexity index is 247. The van der Waals surface area contributed by atoms with Gasteiger partial charge in [-0.15, -0.1) is 6.58 Å². The Balaban J connectivity index is 2.67. The molecule has 0 radical (unpaired) electrons. The van der Waals surface area contributed by atoms with E-state index in [0.29, 0.717) is 32.6 Å². The van der Waals surface area contributed by atoms with Gasteiger partial charge in [-0.1, -0.05) is 13.0 Å². The van der Waals surface area contributed by atoms with Gasteiger partial charge >= 0.3 is 0 Å². The Hall–Kier alpha value is -0.870. The molecule has 0 unspecified atom stereocenters. The minimum absolute atomic E-state index is 0.0394. The molecule has 0 atom stereocenters. The summed E-state index contributed by atoms with van der Waals surface area (Å²) in [6.45, 7) is 8.20. The molecule has 92 valence electrons. The lowest BCUT2D eigenvalue weighted by Crippen LogP contribution is -2.58. The van der Waals surface area contributed by atoms with Crippen LogP contribution in [0.15, 0.2) is 12.7 Å². The molecule has 1 saturated heterocycles. The molecule has 0 saturated carbocycles. The molecule has 0 aliphatic carbocycles. The van der Waals surface area contributed by atoms with Gasteiger partial charge in [0.2, 0.25) is 5.91 Å². The number of carbonyl (C=O) groups excluding carboxylic acids is 1. The lowest BCUT2D eigenvalue weighted by Gasteiger charge is -2.36. The lowest BCUT2D eigenvalue weighted by molar-refractivity contribution is -0.140. The average Bonchev–Trinajstić information content (AvgIpc) is 2.29. The molecule has 0 bridgehead atoms. The molecule has 4 heteroatoms. The molecule has 0 aromatic carbocycles. The van der Waals surface area contributed by atoms with Gasteiger partial charge in [0, 0.05) is 26.3 Å². The van der Waals surface area contributed by atoms with Gasteiger partial charge in [-0.25, -0.2) is 0 Å². The van der Waals surface area contributed by atoms with Crippen LogP contribution in [0.2, 0.25) is 0 Å². The van der Waals surface area contributed by atoms with E-state index in [-0.39, 0.29) is 5.91 Å². The van der Waals surface area contributed by atoms with E-state index in [4.69, 9.17) is 10.5 Å². The zero-order valence-corrected chi connectivity index (χ0v) is 10.1. The fraction of sp³-hybridized carbons (Fsp3) is 0.750. The zero-order chi connectivity index (χ0) is 12.0. The van der Waals surface area contributed by atoms with E-state index in [9.17, 15) is 4.79 Å². The second-order valence-electron chi connectivity index (χ2n) is 4.31. The Kier molecular flexibility index (Phi) is 4.96. The van der Waals surface area contributed by atoms with E-state index in [1.54, 1.807) is 11.0 Å². The molecule has 0 aromatic heterocycles. The summed E-state index contributed by atoms with van der Waals surface area (Å²) in [5.41, 5.74) is 5.43. The molecular weight excluding hydrogens is 204 g/mol. The third-order valence-electron chi connectivity index (χ3n) is 2.94. The highest BCUT2D eigenvalue weighted by molar-refractivity contribution is 5.86. The van der Waals surface area contributed by atoms with Crippen LogP contribution >= 0.6 is 0 Å². The van der Waals surface area contributed by atoms with Gasteiger partial charge < -0.3 is 15.4 Å². The monoisotopic (exact) mass is 226 g/mol. The number of carbonyl (C=O) groups is 1. The Morgan fingerprint density at radius 2 is 2.19 bits per heavy atom. The predicted molar refractivity (Wildman–Crippen MR) is 64.0 cm³/mol. The van der Waals surface area contributed by atoms with Crippen molar-refractivity contribution in [2.24, 2.45) is 5.73 Å². The SMILES string of the molecule is C=CCN(CCC)C(=O)C1(N)CCOCC1. The van der Waals surface area contributed by atoms with Crippen molar-refractivity contribution in [3.8, 4) is 0 Å². The number of amides is 1. The Labute approximate surface area is 97.4 Å². The number of hydrogen-bond acceptors (Lipinski definition) is 3. The molecule has 2 N–H and O–H groups in total. The van der Waals surface area contributed by atoms with E-state index >= 15 is 0 Å². The fourth-order valence-corrected chi connectivity index (χ4v) is 1.97. The summed E-state index contributed by atoms with van der Waals surface area (Å²) in [5.74, 6) is 0.0394. The van der Waals surface area contributed by atoms with Crippen LogP contribution in [0.3, 0.4) is 0 Å². The molecule has 1 aliphatic rings. The van der Waals surface area contributed by atoms with Gasteiger partial charge in [-0.3, -0.25) is 4.79 Å². The molecule has 1 rings (SSSR count). The van der Waals surface area contributed by atoms with Crippen LogP contribution in [0.5, 0.6) is 0 Å². The second kappa shape index (κ2) is 6.01. The maximum Gasteiger partial charge on any atom is 0.243 e. The highest BCUT2D eigenvalue weighted by atomic mass is 16.5. The first-order valence-corrected chi connectivity index (χ1v) is 5.91. The lowest BCUT2D eigenvalue weighted by atomic mass is 9.89. The second-order valence-corrected chi connectivity index (χ2v) is 4.31. The molecule has 0 spiro atoms. The third-order valence-corrected chi connectivity index (χ3v) is 2.94. The number of nitrogens with zero attached hydrogens (tertiary/aromatic N) is 1. The van der Waals surface area contributed by atoms with Crippen LogP contribution in [-0.4, -0.2) is 42.6 Å². The number of ether oxygens (including phenoxy) is 1. The first-order chi connectivity index (χ1) is 7.64. The molecule has 1 fully saturated rings. The van der Waals surface area contributed by atoms with E-state index in [2.05, 4.69) is 13.5 Å². The molecule has 0 aromatic rings. The third kappa shape index (κ3) is 3.06. The molecule has 1 heterocycles. The van der Waals surface area contributed by atoms with Crippen LogP contribution in [0.25, 0.3) is 0 Å². The minimum atomic E-state index is -0.726. The largest absolute Gasteiger partial charge is 0.381 e. The van der Waals surface area contributed by atoms with E-state index in [1.807, 2.05) is 0 Å². The maximum absolute atomic E-state index is 12.3. The van der Waals surface area contributed by atoms with Crippen molar-refractivity contribution in [3.05, 3.63) is 12.7 Å². The van der Waals surface area contributed by atoms with E-state index < -0.39 is 5.54 Å². The first-order valence-electron chi connectivity index (χ1n) is 5.91. The molecule has 4 nitrogen and oxygen atoms in total. The smallest absolute Gasteiger partial charge is 0.243 e. The summed E-state index contributed by atoms with van der Waals surface area (Å²) in [4.78, 5) is 14.1. The predicted octanol–water partition coefficient (Wildman–Crippen LogP) is 0.919. The summed E-state index contributed by atoms with van der Waals surface area (Å²) in [6.07, 6.45) is 3.91. The summed E-state index contributed by atoms with van der Waals surface area (Å²) in [6, 6.07) is 0. The summed E-state index contributed by atoms with van der Waals surface area (Å²) in [5, 5.41) is 0.